The molecule has 1 aliphatic carbocycles. The minimum absolute atomic E-state index is 0.345. The van der Waals surface area contributed by atoms with Crippen LogP contribution in [0.15, 0.2) is 35.6 Å². The van der Waals surface area contributed by atoms with Crippen molar-refractivity contribution < 1.29 is 9.53 Å². The number of hydrogen-bond acceptors (Lipinski definition) is 3. The first-order chi connectivity index (χ1) is 10.1. The number of benzene rings is 1. The van der Waals surface area contributed by atoms with Gasteiger partial charge in [-0.1, -0.05) is 42.5 Å². The number of carbonyl (C=O) groups excluding carboxylic acids is 1. The molecule has 0 amide bonds. The summed E-state index contributed by atoms with van der Waals surface area (Å²) in [5, 5.41) is 3.87. The predicted octanol–water partition coefficient (Wildman–Crippen LogP) is 4.50. The summed E-state index contributed by atoms with van der Waals surface area (Å²) in [5.41, 5.74) is 1.48. The van der Waals surface area contributed by atoms with Crippen LogP contribution in [0.4, 0.5) is 0 Å². The summed E-state index contributed by atoms with van der Waals surface area (Å²) < 4.78 is 5.54. The molecule has 0 spiro atoms. The molecule has 21 heavy (non-hydrogen) atoms. The van der Waals surface area contributed by atoms with Crippen molar-refractivity contribution in [3.05, 3.63) is 46.1 Å². The molecule has 114 valence electrons. The van der Waals surface area contributed by atoms with Gasteiger partial charge in [0, 0.05) is 10.6 Å². The Morgan fingerprint density at radius 2 is 1.86 bits per heavy atom. The fraction of sp³-hybridized carbons (Fsp3) is 0.438. The quantitative estimate of drug-likeness (QED) is 0.653. The van der Waals surface area contributed by atoms with Gasteiger partial charge in [-0.2, -0.15) is 0 Å². The summed E-state index contributed by atoms with van der Waals surface area (Å²) in [4.78, 5) is 12.2. The number of carbonyl (C=O) groups is 1. The number of esters is 1. The Morgan fingerprint density at radius 1 is 1.24 bits per heavy atom. The van der Waals surface area contributed by atoms with Gasteiger partial charge in [-0.25, -0.2) is 4.79 Å². The highest BCUT2D eigenvalue weighted by Gasteiger charge is 2.37. The third-order valence-corrected chi connectivity index (χ3v) is 4.49. The molecule has 1 fully saturated rings. The second-order valence-electron chi connectivity index (χ2n) is 5.26. The number of hydrogen-bond donors (Lipinski definition) is 1. The van der Waals surface area contributed by atoms with Gasteiger partial charge < -0.3 is 10.1 Å². The lowest BCUT2D eigenvalue weighted by Gasteiger charge is -2.37. The van der Waals surface area contributed by atoms with Crippen molar-refractivity contribution in [2.75, 3.05) is 7.05 Å². The maximum absolute atomic E-state index is 12.2. The molecule has 0 heterocycles. The zero-order valence-electron chi connectivity index (χ0n) is 12.0. The van der Waals surface area contributed by atoms with Crippen molar-refractivity contribution in [3.63, 3.8) is 0 Å². The Kier molecular flexibility index (Phi) is 5.68. The van der Waals surface area contributed by atoms with Gasteiger partial charge in [0.1, 0.15) is 5.76 Å². The maximum atomic E-state index is 12.2. The standard InChI is InChI=1S/C16H19Cl2NO2/c1-19-16(9-3-2-4-10-16)14(11-17)21-15(20)12-5-7-13(18)8-6-12/h5-8,11,19H,2-4,9-10H2,1H3. The van der Waals surface area contributed by atoms with Crippen molar-refractivity contribution >= 4 is 29.2 Å². The van der Waals surface area contributed by atoms with E-state index < -0.39 is 5.97 Å². The average Bonchev–Trinajstić information content (AvgIpc) is 2.53. The smallest absolute Gasteiger partial charge is 0.343 e. The molecule has 0 unspecified atom stereocenters. The van der Waals surface area contributed by atoms with Gasteiger partial charge in [0.2, 0.25) is 0 Å². The summed E-state index contributed by atoms with van der Waals surface area (Å²) in [6.45, 7) is 0. The molecule has 1 saturated carbocycles. The first-order valence-corrected chi connectivity index (χ1v) is 7.90. The Labute approximate surface area is 135 Å². The van der Waals surface area contributed by atoms with Crippen LogP contribution in [0.5, 0.6) is 0 Å². The van der Waals surface area contributed by atoms with E-state index in [9.17, 15) is 4.79 Å². The second-order valence-corrected chi connectivity index (χ2v) is 5.92. The van der Waals surface area contributed by atoms with Gasteiger partial charge in [0.25, 0.3) is 0 Å². The fourth-order valence-corrected chi connectivity index (χ4v) is 3.12. The van der Waals surface area contributed by atoms with E-state index in [0.29, 0.717) is 16.3 Å². The van der Waals surface area contributed by atoms with Crippen molar-refractivity contribution in [1.29, 1.82) is 0 Å². The molecule has 5 heteroatoms. The first kappa shape index (κ1) is 16.3. The fourth-order valence-electron chi connectivity index (χ4n) is 2.74. The van der Waals surface area contributed by atoms with Crippen molar-refractivity contribution in [2.45, 2.75) is 37.6 Å². The van der Waals surface area contributed by atoms with Crippen molar-refractivity contribution in [1.82, 2.24) is 5.32 Å². The lowest BCUT2D eigenvalue weighted by Crippen LogP contribution is -2.47. The van der Waals surface area contributed by atoms with Crippen LogP contribution in [0.1, 0.15) is 42.5 Å². The molecule has 0 atom stereocenters. The molecule has 1 aromatic carbocycles. The van der Waals surface area contributed by atoms with Crippen molar-refractivity contribution in [2.24, 2.45) is 0 Å². The molecule has 0 saturated heterocycles. The lowest BCUT2D eigenvalue weighted by atomic mass is 9.80. The molecular formula is C16H19Cl2NO2. The van der Waals surface area contributed by atoms with Crippen LogP contribution in [0.3, 0.4) is 0 Å². The van der Waals surface area contributed by atoms with E-state index in [1.165, 1.54) is 12.0 Å². The monoisotopic (exact) mass is 327 g/mol. The van der Waals surface area contributed by atoms with Gasteiger partial charge in [-0.15, -0.1) is 0 Å². The summed E-state index contributed by atoms with van der Waals surface area (Å²) in [5.74, 6) is 0.0741. The molecule has 0 aromatic heterocycles. The number of ether oxygens (including phenoxy) is 1. The second kappa shape index (κ2) is 7.30. The molecule has 1 aliphatic rings. The van der Waals surface area contributed by atoms with E-state index in [4.69, 9.17) is 27.9 Å². The van der Waals surface area contributed by atoms with E-state index in [1.54, 1.807) is 24.3 Å². The van der Waals surface area contributed by atoms with Crippen LogP contribution in [0.2, 0.25) is 5.02 Å². The highest BCUT2D eigenvalue weighted by molar-refractivity contribution is 6.30. The summed E-state index contributed by atoms with van der Waals surface area (Å²) >= 11 is 11.7. The Hall–Kier alpha value is -1.03. The molecule has 0 radical (unpaired) electrons. The van der Waals surface area contributed by atoms with Crippen LogP contribution >= 0.6 is 23.2 Å². The molecule has 1 aromatic rings. The number of halogens is 2. The minimum atomic E-state index is -0.418. The number of nitrogens with one attached hydrogen (secondary N) is 1. The average molecular weight is 328 g/mol. The van der Waals surface area contributed by atoms with E-state index in [2.05, 4.69) is 5.32 Å². The van der Waals surface area contributed by atoms with Crippen LogP contribution in [0.25, 0.3) is 0 Å². The lowest BCUT2D eigenvalue weighted by molar-refractivity contribution is 0.0534. The third kappa shape index (κ3) is 3.79. The van der Waals surface area contributed by atoms with Crippen LogP contribution < -0.4 is 5.32 Å². The molecule has 2 rings (SSSR count). The zero-order valence-corrected chi connectivity index (χ0v) is 13.5. The predicted molar refractivity (Wildman–Crippen MR) is 85.7 cm³/mol. The first-order valence-electron chi connectivity index (χ1n) is 7.09. The summed E-state index contributed by atoms with van der Waals surface area (Å²) in [6, 6.07) is 6.61. The van der Waals surface area contributed by atoms with Crippen LogP contribution in [-0.4, -0.2) is 18.6 Å². The largest absolute Gasteiger partial charge is 0.425 e. The highest BCUT2D eigenvalue weighted by Crippen LogP contribution is 2.35. The molecule has 1 N–H and O–H groups in total. The van der Waals surface area contributed by atoms with Gasteiger partial charge in [0.05, 0.1) is 11.1 Å². The molecule has 3 nitrogen and oxygen atoms in total. The van der Waals surface area contributed by atoms with E-state index in [-0.39, 0.29) is 5.54 Å². The topological polar surface area (TPSA) is 38.3 Å². The van der Waals surface area contributed by atoms with Gasteiger partial charge in [-0.05, 0) is 44.2 Å². The van der Waals surface area contributed by atoms with Gasteiger partial charge >= 0.3 is 5.97 Å². The molecule has 0 bridgehead atoms. The minimum Gasteiger partial charge on any atom is -0.425 e. The zero-order chi connectivity index (χ0) is 15.3. The Morgan fingerprint density at radius 3 is 2.38 bits per heavy atom. The highest BCUT2D eigenvalue weighted by atomic mass is 35.5. The summed E-state index contributed by atoms with van der Waals surface area (Å²) in [7, 11) is 1.88. The van der Waals surface area contributed by atoms with Crippen LogP contribution in [-0.2, 0) is 4.74 Å². The van der Waals surface area contributed by atoms with Gasteiger partial charge in [0.15, 0.2) is 0 Å². The normalized spacial score (nSPS) is 18.3. The molecule has 0 aliphatic heterocycles. The number of rotatable bonds is 4. The maximum Gasteiger partial charge on any atom is 0.343 e. The van der Waals surface area contributed by atoms with Crippen LogP contribution in [0, 0.1) is 0 Å². The van der Waals surface area contributed by atoms with E-state index >= 15 is 0 Å². The van der Waals surface area contributed by atoms with Crippen molar-refractivity contribution in [3.8, 4) is 0 Å². The number of likely N-dealkylation sites (N-methyl/N-ethyl adjacent to an activating group) is 1. The SMILES string of the molecule is CNC1(C(=CCl)OC(=O)c2ccc(Cl)cc2)CCCCC1. The van der Waals surface area contributed by atoms with E-state index in [1.807, 2.05) is 7.05 Å². The Balaban J connectivity index is 2.15. The summed E-state index contributed by atoms with van der Waals surface area (Å²) in [6.07, 6.45) is 5.21. The van der Waals surface area contributed by atoms with Gasteiger partial charge in [-0.3, -0.25) is 0 Å². The molecular weight excluding hydrogens is 309 g/mol. The Bertz CT molecular complexity index is 520. The third-order valence-electron chi connectivity index (χ3n) is 4.04. The van der Waals surface area contributed by atoms with E-state index in [0.717, 1.165) is 25.7 Å².